The first kappa shape index (κ1) is 11.8. The molecule has 1 aromatic carbocycles. The van der Waals surface area contributed by atoms with Crippen LogP contribution in [0, 0.1) is 17.6 Å². The Balaban J connectivity index is 2.25. The number of thioether (sulfide) groups is 1. The largest absolute Gasteiger partial charge is 0.293 e. The zero-order chi connectivity index (χ0) is 13.2. The molecular formula is C15H11N3S. The fraction of sp³-hybridized carbons (Fsp3) is 0.0667. The molecule has 0 unspecified atom stereocenters. The van der Waals surface area contributed by atoms with Gasteiger partial charge in [-0.3, -0.25) is 4.40 Å². The van der Waals surface area contributed by atoms with Crippen molar-refractivity contribution in [3.63, 3.8) is 0 Å². The van der Waals surface area contributed by atoms with Gasteiger partial charge in [0.15, 0.2) is 0 Å². The van der Waals surface area contributed by atoms with Crippen LogP contribution in [0.25, 0.3) is 16.9 Å². The van der Waals surface area contributed by atoms with Gasteiger partial charge < -0.3 is 0 Å². The summed E-state index contributed by atoms with van der Waals surface area (Å²) in [6, 6.07) is 14.0. The second-order valence-corrected chi connectivity index (χ2v) is 5.03. The van der Waals surface area contributed by atoms with Crippen LogP contribution in [-0.2, 0) is 0 Å². The third kappa shape index (κ3) is 2.09. The summed E-state index contributed by atoms with van der Waals surface area (Å²) in [5.74, 6) is 0. The highest BCUT2D eigenvalue weighted by atomic mass is 32.2. The highest BCUT2D eigenvalue weighted by molar-refractivity contribution is 8.03. The number of imidazole rings is 1. The van der Waals surface area contributed by atoms with E-state index in [2.05, 4.69) is 29.4 Å². The second kappa shape index (κ2) is 4.79. The number of rotatable bonds is 2. The molecule has 4 heteroatoms. The molecule has 0 bridgehead atoms. The van der Waals surface area contributed by atoms with Crippen molar-refractivity contribution in [2.45, 2.75) is 11.9 Å². The Bertz CT molecular complexity index is 766. The van der Waals surface area contributed by atoms with Crippen LogP contribution in [0.3, 0.4) is 0 Å². The van der Waals surface area contributed by atoms with E-state index in [0.717, 1.165) is 33.7 Å². The molecule has 0 saturated heterocycles. The molecule has 3 nitrogen and oxygen atoms in total. The fourth-order valence-electron chi connectivity index (χ4n) is 2.01. The van der Waals surface area contributed by atoms with Crippen LogP contribution in [0.4, 0.5) is 0 Å². The highest BCUT2D eigenvalue weighted by Crippen LogP contribution is 2.31. The van der Waals surface area contributed by atoms with Crippen molar-refractivity contribution in [2.75, 3.05) is 0 Å². The third-order valence-corrected chi connectivity index (χ3v) is 3.63. The van der Waals surface area contributed by atoms with Gasteiger partial charge >= 0.3 is 0 Å². The number of nitriles is 1. The summed E-state index contributed by atoms with van der Waals surface area (Å²) in [6.45, 7) is 2.05. The molecule has 2 aromatic heterocycles. The van der Waals surface area contributed by atoms with E-state index in [-0.39, 0.29) is 0 Å². The Labute approximate surface area is 115 Å². The van der Waals surface area contributed by atoms with E-state index in [9.17, 15) is 0 Å². The minimum absolute atomic E-state index is 0.857. The lowest BCUT2D eigenvalue weighted by Crippen LogP contribution is -1.85. The lowest BCUT2D eigenvalue weighted by molar-refractivity contribution is 1.06. The molecule has 0 aliphatic rings. The number of hydrogen-bond acceptors (Lipinski definition) is 3. The standard InChI is InChI=1S/C15H11N3S/c1-11-5-7-12(8-6-11)14-15(19-10-16)18-9-3-2-4-13(18)17-14/h2-9H,1H3. The Kier molecular flexibility index (Phi) is 2.98. The minimum atomic E-state index is 0.857. The first-order valence-electron chi connectivity index (χ1n) is 5.89. The molecule has 92 valence electrons. The van der Waals surface area contributed by atoms with Gasteiger partial charge in [-0.15, -0.1) is 0 Å². The van der Waals surface area contributed by atoms with Gasteiger partial charge in [-0.1, -0.05) is 35.9 Å². The maximum atomic E-state index is 8.98. The number of fused-ring (bicyclic) bond motifs is 1. The maximum Gasteiger partial charge on any atom is 0.140 e. The molecule has 0 amide bonds. The quantitative estimate of drug-likeness (QED) is 0.521. The van der Waals surface area contributed by atoms with Gasteiger partial charge in [-0.2, -0.15) is 5.26 Å². The van der Waals surface area contributed by atoms with Crippen LogP contribution in [0.2, 0.25) is 0 Å². The van der Waals surface area contributed by atoms with Crippen LogP contribution in [0.5, 0.6) is 0 Å². The van der Waals surface area contributed by atoms with E-state index in [1.807, 2.05) is 40.9 Å². The number of thiocyanates is 1. The van der Waals surface area contributed by atoms with E-state index in [0.29, 0.717) is 0 Å². The maximum absolute atomic E-state index is 8.98. The van der Waals surface area contributed by atoms with Crippen molar-refractivity contribution < 1.29 is 0 Å². The second-order valence-electron chi connectivity index (χ2n) is 4.25. The highest BCUT2D eigenvalue weighted by Gasteiger charge is 2.14. The van der Waals surface area contributed by atoms with Crippen molar-refractivity contribution in [1.29, 1.82) is 5.26 Å². The van der Waals surface area contributed by atoms with Gasteiger partial charge in [-0.05, 0) is 19.1 Å². The number of aryl methyl sites for hydroxylation is 1. The first-order valence-corrected chi connectivity index (χ1v) is 6.71. The molecule has 19 heavy (non-hydrogen) atoms. The normalized spacial score (nSPS) is 10.5. The molecule has 0 fully saturated rings. The van der Waals surface area contributed by atoms with Crippen LogP contribution in [0.15, 0.2) is 53.7 Å². The molecule has 0 radical (unpaired) electrons. The van der Waals surface area contributed by atoms with Gasteiger partial charge in [0.05, 0.1) is 0 Å². The van der Waals surface area contributed by atoms with Crippen LogP contribution >= 0.6 is 11.8 Å². The predicted octanol–water partition coefficient (Wildman–Crippen LogP) is 3.88. The molecule has 0 N–H and O–H groups in total. The van der Waals surface area contributed by atoms with Gasteiger partial charge in [0, 0.05) is 23.5 Å². The van der Waals surface area contributed by atoms with E-state index in [1.54, 1.807) is 0 Å². The topological polar surface area (TPSA) is 41.1 Å². The summed E-state index contributed by atoms with van der Waals surface area (Å²) < 4.78 is 1.95. The van der Waals surface area contributed by atoms with Crippen LogP contribution in [-0.4, -0.2) is 9.38 Å². The Morgan fingerprint density at radius 3 is 2.68 bits per heavy atom. The monoisotopic (exact) mass is 265 g/mol. The lowest BCUT2D eigenvalue weighted by Gasteiger charge is -2.00. The third-order valence-electron chi connectivity index (χ3n) is 2.95. The molecular weight excluding hydrogens is 254 g/mol. The molecule has 3 rings (SSSR count). The van der Waals surface area contributed by atoms with Crippen molar-refractivity contribution in [3.8, 4) is 16.7 Å². The van der Waals surface area contributed by atoms with Crippen molar-refractivity contribution >= 4 is 17.4 Å². The number of hydrogen-bond donors (Lipinski definition) is 0. The van der Waals surface area contributed by atoms with Crippen molar-refractivity contribution in [3.05, 3.63) is 54.2 Å². The molecule has 0 aliphatic carbocycles. The van der Waals surface area contributed by atoms with Gasteiger partial charge in [-0.25, -0.2) is 4.98 Å². The molecule has 0 saturated carbocycles. The number of benzene rings is 1. The average molecular weight is 265 g/mol. The SMILES string of the molecule is Cc1ccc(-c2nc3ccccn3c2SC#N)cc1. The molecule has 3 aromatic rings. The molecule has 2 heterocycles. The Morgan fingerprint density at radius 1 is 1.16 bits per heavy atom. The zero-order valence-corrected chi connectivity index (χ0v) is 11.2. The summed E-state index contributed by atoms with van der Waals surface area (Å²) >= 11 is 1.14. The average Bonchev–Trinajstić information content (AvgIpc) is 2.79. The number of pyridine rings is 1. The molecule has 0 spiro atoms. The van der Waals surface area contributed by atoms with E-state index < -0.39 is 0 Å². The van der Waals surface area contributed by atoms with Crippen LogP contribution < -0.4 is 0 Å². The summed E-state index contributed by atoms with van der Waals surface area (Å²) in [5, 5.41) is 12.0. The summed E-state index contributed by atoms with van der Waals surface area (Å²) in [7, 11) is 0. The summed E-state index contributed by atoms with van der Waals surface area (Å²) in [6.07, 6.45) is 1.93. The number of nitrogens with zero attached hydrogens (tertiary/aromatic N) is 3. The predicted molar refractivity (Wildman–Crippen MR) is 76.8 cm³/mol. The lowest BCUT2D eigenvalue weighted by atomic mass is 10.1. The van der Waals surface area contributed by atoms with E-state index in [1.165, 1.54) is 5.56 Å². The Hall–Kier alpha value is -2.25. The molecule has 0 atom stereocenters. The van der Waals surface area contributed by atoms with Crippen molar-refractivity contribution in [2.24, 2.45) is 0 Å². The van der Waals surface area contributed by atoms with Crippen molar-refractivity contribution in [1.82, 2.24) is 9.38 Å². The zero-order valence-electron chi connectivity index (χ0n) is 10.4. The van der Waals surface area contributed by atoms with E-state index >= 15 is 0 Å². The van der Waals surface area contributed by atoms with Gasteiger partial charge in [0.25, 0.3) is 0 Å². The molecule has 0 aliphatic heterocycles. The summed E-state index contributed by atoms with van der Waals surface area (Å²) in [5.41, 5.74) is 3.96. The van der Waals surface area contributed by atoms with Crippen LogP contribution in [0.1, 0.15) is 5.56 Å². The summed E-state index contributed by atoms with van der Waals surface area (Å²) in [4.78, 5) is 4.62. The number of aromatic nitrogens is 2. The van der Waals surface area contributed by atoms with Gasteiger partial charge in [0.2, 0.25) is 0 Å². The smallest absolute Gasteiger partial charge is 0.140 e. The first-order chi connectivity index (χ1) is 9.29. The minimum Gasteiger partial charge on any atom is -0.293 e. The van der Waals surface area contributed by atoms with Gasteiger partial charge in [0.1, 0.15) is 21.8 Å². The fourth-order valence-corrected chi connectivity index (χ4v) is 2.61. The Morgan fingerprint density at radius 2 is 1.95 bits per heavy atom. The van der Waals surface area contributed by atoms with E-state index in [4.69, 9.17) is 5.26 Å².